The fourth-order valence-corrected chi connectivity index (χ4v) is 2.11. The van der Waals surface area contributed by atoms with Crippen molar-refractivity contribution in [3.8, 4) is 11.4 Å². The fourth-order valence-electron chi connectivity index (χ4n) is 1.48. The molecule has 0 fully saturated rings. The Hall–Kier alpha value is -1.80. The maximum Gasteiger partial charge on any atom is 0.327 e. The molecule has 2 rings (SSSR count). The zero-order chi connectivity index (χ0) is 13.5. The first-order chi connectivity index (χ1) is 9.31. The Morgan fingerprint density at radius 2 is 2.37 bits per heavy atom. The molecule has 2 aromatic rings. The van der Waals surface area contributed by atoms with Crippen molar-refractivity contribution in [2.75, 3.05) is 13.2 Å². The molecule has 0 aromatic carbocycles. The molecule has 8 heteroatoms. The van der Waals surface area contributed by atoms with Gasteiger partial charge in [0.15, 0.2) is 5.82 Å². The Morgan fingerprint density at radius 3 is 3.11 bits per heavy atom. The van der Waals surface area contributed by atoms with Gasteiger partial charge in [0, 0.05) is 17.6 Å². The van der Waals surface area contributed by atoms with E-state index in [0.29, 0.717) is 25.3 Å². The van der Waals surface area contributed by atoms with E-state index in [4.69, 9.17) is 9.84 Å². The molecular formula is C11H14N4O3S. The Labute approximate surface area is 113 Å². The number of esters is 1. The number of aromatic nitrogens is 4. The van der Waals surface area contributed by atoms with Gasteiger partial charge in [0.1, 0.15) is 6.54 Å². The molecule has 0 radical (unpaired) electrons. The van der Waals surface area contributed by atoms with Crippen molar-refractivity contribution in [3.05, 3.63) is 16.8 Å². The first-order valence-corrected chi connectivity index (χ1v) is 6.81. The predicted octanol–water partition coefficient (Wildman–Crippen LogP) is 0.717. The minimum Gasteiger partial charge on any atom is -0.464 e. The van der Waals surface area contributed by atoms with Crippen LogP contribution in [0.1, 0.15) is 12.8 Å². The van der Waals surface area contributed by atoms with E-state index in [2.05, 4.69) is 15.5 Å². The molecule has 0 saturated heterocycles. The van der Waals surface area contributed by atoms with Crippen LogP contribution in [-0.4, -0.2) is 44.5 Å². The Morgan fingerprint density at radius 1 is 1.47 bits per heavy atom. The maximum atomic E-state index is 11.6. The number of tetrazole rings is 1. The molecule has 2 heterocycles. The van der Waals surface area contributed by atoms with Gasteiger partial charge in [-0.25, -0.2) is 4.68 Å². The van der Waals surface area contributed by atoms with Gasteiger partial charge in [-0.3, -0.25) is 4.79 Å². The first-order valence-electron chi connectivity index (χ1n) is 5.86. The van der Waals surface area contributed by atoms with E-state index in [-0.39, 0.29) is 19.1 Å². The summed E-state index contributed by atoms with van der Waals surface area (Å²) in [6.07, 6.45) is 1.27. The summed E-state index contributed by atoms with van der Waals surface area (Å²) in [6, 6.07) is 1.89. The topological polar surface area (TPSA) is 90.1 Å². The third-order valence-corrected chi connectivity index (χ3v) is 3.09. The molecule has 19 heavy (non-hydrogen) atoms. The van der Waals surface area contributed by atoms with Gasteiger partial charge in [-0.1, -0.05) is 0 Å². The summed E-state index contributed by atoms with van der Waals surface area (Å²) in [6.45, 7) is 0.388. The van der Waals surface area contributed by atoms with Gasteiger partial charge in [0.05, 0.1) is 6.61 Å². The van der Waals surface area contributed by atoms with Crippen LogP contribution in [0, 0.1) is 0 Å². The molecule has 0 unspecified atom stereocenters. The molecule has 0 amide bonds. The average molecular weight is 282 g/mol. The molecular weight excluding hydrogens is 268 g/mol. The highest BCUT2D eigenvalue weighted by Crippen LogP contribution is 2.18. The second kappa shape index (κ2) is 6.95. The van der Waals surface area contributed by atoms with Crippen molar-refractivity contribution in [2.24, 2.45) is 0 Å². The predicted molar refractivity (Wildman–Crippen MR) is 68.4 cm³/mol. The summed E-state index contributed by atoms with van der Waals surface area (Å²) in [5, 5.41) is 23.7. The minimum atomic E-state index is -0.387. The van der Waals surface area contributed by atoms with Crippen LogP contribution in [0.4, 0.5) is 0 Å². The average Bonchev–Trinajstić information content (AvgIpc) is 3.04. The molecule has 0 aliphatic heterocycles. The van der Waals surface area contributed by atoms with Crippen LogP contribution in [0.2, 0.25) is 0 Å². The standard InChI is InChI=1S/C11H14N4O3S/c16-4-1-2-5-18-10(17)7-15-11(12-13-14-15)9-3-6-19-8-9/h3,6,8,16H,1-2,4-5,7H2. The van der Waals surface area contributed by atoms with Gasteiger partial charge in [0.25, 0.3) is 0 Å². The number of unbranched alkanes of at least 4 members (excludes halogenated alkanes) is 1. The molecule has 0 aliphatic rings. The minimum absolute atomic E-state index is 0.0166. The lowest BCUT2D eigenvalue weighted by atomic mass is 10.3. The number of thiophene rings is 1. The monoisotopic (exact) mass is 282 g/mol. The van der Waals surface area contributed by atoms with Crippen molar-refractivity contribution < 1.29 is 14.6 Å². The number of nitrogens with zero attached hydrogens (tertiary/aromatic N) is 4. The first kappa shape index (κ1) is 13.6. The third-order valence-electron chi connectivity index (χ3n) is 2.41. The van der Waals surface area contributed by atoms with Crippen LogP contribution >= 0.6 is 11.3 Å². The summed E-state index contributed by atoms with van der Waals surface area (Å²) in [5.74, 6) is 0.162. The Bertz CT molecular complexity index is 512. The summed E-state index contributed by atoms with van der Waals surface area (Å²) in [7, 11) is 0. The summed E-state index contributed by atoms with van der Waals surface area (Å²) in [5.41, 5.74) is 0.878. The van der Waals surface area contributed by atoms with E-state index in [1.54, 1.807) is 0 Å². The van der Waals surface area contributed by atoms with E-state index in [1.807, 2.05) is 16.8 Å². The van der Waals surface area contributed by atoms with E-state index in [0.717, 1.165) is 5.56 Å². The lowest BCUT2D eigenvalue weighted by Crippen LogP contribution is -2.16. The van der Waals surface area contributed by atoms with Crippen molar-refractivity contribution in [3.63, 3.8) is 0 Å². The molecule has 2 aromatic heterocycles. The van der Waals surface area contributed by atoms with Crippen LogP contribution in [0.3, 0.4) is 0 Å². The van der Waals surface area contributed by atoms with Crippen molar-refractivity contribution in [1.82, 2.24) is 20.2 Å². The van der Waals surface area contributed by atoms with Crippen LogP contribution in [0.25, 0.3) is 11.4 Å². The molecule has 0 aliphatic carbocycles. The lowest BCUT2D eigenvalue weighted by molar-refractivity contribution is -0.144. The number of hydrogen-bond donors (Lipinski definition) is 1. The summed E-state index contributed by atoms with van der Waals surface area (Å²) < 4.78 is 6.44. The number of aliphatic hydroxyl groups excluding tert-OH is 1. The molecule has 0 atom stereocenters. The van der Waals surface area contributed by atoms with E-state index in [9.17, 15) is 4.79 Å². The van der Waals surface area contributed by atoms with Crippen molar-refractivity contribution >= 4 is 17.3 Å². The summed E-state index contributed by atoms with van der Waals surface area (Å²) >= 11 is 1.54. The van der Waals surface area contributed by atoms with Gasteiger partial charge in [0.2, 0.25) is 0 Å². The molecule has 7 nitrogen and oxygen atoms in total. The van der Waals surface area contributed by atoms with Gasteiger partial charge in [-0.2, -0.15) is 11.3 Å². The molecule has 0 bridgehead atoms. The van der Waals surface area contributed by atoms with Crippen LogP contribution in [0.15, 0.2) is 16.8 Å². The highest BCUT2D eigenvalue weighted by Gasteiger charge is 2.13. The number of carbonyl (C=O) groups is 1. The smallest absolute Gasteiger partial charge is 0.327 e. The number of rotatable bonds is 7. The maximum absolute atomic E-state index is 11.6. The van der Waals surface area contributed by atoms with Crippen LogP contribution < -0.4 is 0 Å². The molecule has 0 saturated carbocycles. The van der Waals surface area contributed by atoms with Gasteiger partial charge in [-0.15, -0.1) is 5.10 Å². The zero-order valence-electron chi connectivity index (χ0n) is 10.2. The van der Waals surface area contributed by atoms with E-state index in [1.165, 1.54) is 16.0 Å². The highest BCUT2D eigenvalue weighted by atomic mass is 32.1. The molecule has 1 N–H and O–H groups in total. The van der Waals surface area contributed by atoms with E-state index < -0.39 is 0 Å². The van der Waals surface area contributed by atoms with E-state index >= 15 is 0 Å². The van der Waals surface area contributed by atoms with Crippen molar-refractivity contribution in [1.29, 1.82) is 0 Å². The number of carbonyl (C=O) groups excluding carboxylic acids is 1. The second-order valence-electron chi connectivity index (χ2n) is 3.82. The Balaban J connectivity index is 1.89. The largest absolute Gasteiger partial charge is 0.464 e. The van der Waals surface area contributed by atoms with Gasteiger partial charge < -0.3 is 9.84 Å². The fraction of sp³-hybridized carbons (Fsp3) is 0.455. The molecule has 0 spiro atoms. The third kappa shape index (κ3) is 3.83. The lowest BCUT2D eigenvalue weighted by Gasteiger charge is -2.05. The number of hydrogen-bond acceptors (Lipinski definition) is 7. The highest BCUT2D eigenvalue weighted by molar-refractivity contribution is 7.08. The zero-order valence-corrected chi connectivity index (χ0v) is 11.0. The Kier molecular flexibility index (Phi) is 4.99. The van der Waals surface area contributed by atoms with Crippen LogP contribution in [-0.2, 0) is 16.1 Å². The van der Waals surface area contributed by atoms with Crippen molar-refractivity contribution in [2.45, 2.75) is 19.4 Å². The summed E-state index contributed by atoms with van der Waals surface area (Å²) in [4.78, 5) is 11.6. The van der Waals surface area contributed by atoms with Gasteiger partial charge >= 0.3 is 5.97 Å². The number of ether oxygens (including phenoxy) is 1. The quantitative estimate of drug-likeness (QED) is 0.594. The normalized spacial score (nSPS) is 10.6. The number of aliphatic hydroxyl groups is 1. The molecule has 102 valence electrons. The SMILES string of the molecule is O=C(Cn1nnnc1-c1ccsc1)OCCCCO. The van der Waals surface area contributed by atoms with Crippen LogP contribution in [0.5, 0.6) is 0 Å². The van der Waals surface area contributed by atoms with Gasteiger partial charge in [-0.05, 0) is 34.7 Å². The second-order valence-corrected chi connectivity index (χ2v) is 4.60.